The summed E-state index contributed by atoms with van der Waals surface area (Å²) < 4.78 is 22.5. The van der Waals surface area contributed by atoms with Gasteiger partial charge >= 0.3 is 5.97 Å². The Bertz CT molecular complexity index is 696. The third-order valence-electron chi connectivity index (χ3n) is 4.31. The van der Waals surface area contributed by atoms with Crippen LogP contribution in [0.1, 0.15) is 36.8 Å². The molecule has 0 aromatic heterocycles. The fraction of sp³-hybridized carbons (Fsp3) is 0.529. The third-order valence-corrected chi connectivity index (χ3v) is 5.17. The molecule has 7 heteroatoms. The predicted molar refractivity (Wildman–Crippen MR) is 89.9 cm³/mol. The van der Waals surface area contributed by atoms with E-state index in [2.05, 4.69) is 5.32 Å². The van der Waals surface area contributed by atoms with Crippen molar-refractivity contribution in [3.05, 3.63) is 35.4 Å². The molecule has 1 aromatic carbocycles. The van der Waals surface area contributed by atoms with E-state index in [1.807, 2.05) is 0 Å². The first-order valence-electron chi connectivity index (χ1n) is 8.00. The van der Waals surface area contributed by atoms with Crippen LogP contribution >= 0.6 is 0 Å². The van der Waals surface area contributed by atoms with E-state index in [4.69, 9.17) is 5.11 Å². The van der Waals surface area contributed by atoms with Crippen LogP contribution in [0.3, 0.4) is 0 Å². The van der Waals surface area contributed by atoms with E-state index < -0.39 is 21.7 Å². The number of nitrogens with one attached hydrogen (secondary N) is 1. The lowest BCUT2D eigenvalue weighted by Gasteiger charge is -2.25. The Morgan fingerprint density at radius 3 is 2.29 bits per heavy atom. The van der Waals surface area contributed by atoms with Crippen molar-refractivity contribution in [2.24, 2.45) is 11.8 Å². The zero-order chi connectivity index (χ0) is 17.7. The minimum absolute atomic E-state index is 0.00170. The second-order valence-electron chi connectivity index (χ2n) is 6.50. The maximum Gasteiger partial charge on any atom is 0.306 e. The van der Waals surface area contributed by atoms with Gasteiger partial charge in [-0.05, 0) is 30.4 Å². The van der Waals surface area contributed by atoms with Crippen LogP contribution in [-0.2, 0) is 31.7 Å². The largest absolute Gasteiger partial charge is 0.481 e. The predicted octanol–water partition coefficient (Wildman–Crippen LogP) is 1.74. The average molecular weight is 353 g/mol. The summed E-state index contributed by atoms with van der Waals surface area (Å²) in [5, 5.41) is 11.9. The van der Waals surface area contributed by atoms with Gasteiger partial charge in [0.25, 0.3) is 0 Å². The minimum Gasteiger partial charge on any atom is -0.481 e. The number of amides is 1. The van der Waals surface area contributed by atoms with Crippen molar-refractivity contribution in [2.45, 2.75) is 38.0 Å². The Labute approximate surface area is 142 Å². The van der Waals surface area contributed by atoms with E-state index in [1.165, 1.54) is 6.26 Å². The third kappa shape index (κ3) is 5.63. The molecule has 0 aliphatic heterocycles. The van der Waals surface area contributed by atoms with Crippen molar-refractivity contribution >= 4 is 21.7 Å². The first-order valence-corrected chi connectivity index (χ1v) is 10.1. The summed E-state index contributed by atoms with van der Waals surface area (Å²) in [6.07, 6.45) is 3.71. The normalized spacial score (nSPS) is 21.2. The molecule has 0 saturated heterocycles. The number of sulfone groups is 1. The molecule has 1 aliphatic rings. The molecule has 0 radical (unpaired) electrons. The highest BCUT2D eigenvalue weighted by molar-refractivity contribution is 7.89. The number of carboxylic acid groups (broad SMARTS) is 1. The number of hydrogen-bond acceptors (Lipinski definition) is 4. The van der Waals surface area contributed by atoms with Crippen LogP contribution in [0.25, 0.3) is 0 Å². The standard InChI is InChI=1S/C17H23NO5S/c1-24(22,23)11-13-7-5-12(6-8-13)10-18-16(19)14-3-2-4-15(9-14)17(20)21/h5-8,14-15H,2-4,9-11H2,1H3,(H,18,19)(H,20,21). The van der Waals surface area contributed by atoms with Gasteiger partial charge < -0.3 is 10.4 Å². The first kappa shape index (κ1) is 18.4. The lowest BCUT2D eigenvalue weighted by molar-refractivity contribution is -0.144. The quantitative estimate of drug-likeness (QED) is 0.811. The molecule has 1 saturated carbocycles. The molecule has 24 heavy (non-hydrogen) atoms. The molecule has 1 fully saturated rings. The number of aliphatic carboxylic acids is 1. The van der Waals surface area contributed by atoms with Crippen molar-refractivity contribution in [2.75, 3.05) is 6.26 Å². The van der Waals surface area contributed by atoms with Gasteiger partial charge in [-0.25, -0.2) is 8.42 Å². The van der Waals surface area contributed by atoms with Crippen molar-refractivity contribution in [1.29, 1.82) is 0 Å². The van der Waals surface area contributed by atoms with Gasteiger partial charge in [0.15, 0.2) is 9.84 Å². The van der Waals surface area contributed by atoms with E-state index in [1.54, 1.807) is 24.3 Å². The molecular weight excluding hydrogens is 330 g/mol. The summed E-state index contributed by atoms with van der Waals surface area (Å²) in [6.45, 7) is 0.353. The maximum absolute atomic E-state index is 12.2. The SMILES string of the molecule is CS(=O)(=O)Cc1ccc(CNC(=O)C2CCCC(C(=O)O)C2)cc1. The van der Waals surface area contributed by atoms with Crippen LogP contribution in [0, 0.1) is 11.8 Å². The summed E-state index contributed by atoms with van der Waals surface area (Å²) in [5.74, 6) is -1.61. The number of carbonyl (C=O) groups excluding carboxylic acids is 1. The molecule has 2 unspecified atom stereocenters. The minimum atomic E-state index is -3.06. The topological polar surface area (TPSA) is 101 Å². The second-order valence-corrected chi connectivity index (χ2v) is 8.64. The molecular formula is C17H23NO5S. The van der Waals surface area contributed by atoms with Crippen LogP contribution in [-0.4, -0.2) is 31.7 Å². The van der Waals surface area contributed by atoms with Crippen LogP contribution < -0.4 is 5.32 Å². The van der Waals surface area contributed by atoms with Gasteiger partial charge in [-0.2, -0.15) is 0 Å². The van der Waals surface area contributed by atoms with Crippen LogP contribution in [0.4, 0.5) is 0 Å². The van der Waals surface area contributed by atoms with E-state index >= 15 is 0 Å². The van der Waals surface area contributed by atoms with E-state index in [-0.39, 0.29) is 17.6 Å². The highest BCUT2D eigenvalue weighted by atomic mass is 32.2. The lowest BCUT2D eigenvalue weighted by atomic mass is 9.81. The average Bonchev–Trinajstić information content (AvgIpc) is 2.52. The first-order chi connectivity index (χ1) is 11.2. The molecule has 6 nitrogen and oxygen atoms in total. The lowest BCUT2D eigenvalue weighted by Crippen LogP contribution is -2.35. The molecule has 0 spiro atoms. The van der Waals surface area contributed by atoms with Crippen molar-refractivity contribution in [1.82, 2.24) is 5.32 Å². The Hall–Kier alpha value is -1.89. The van der Waals surface area contributed by atoms with Gasteiger partial charge in [0, 0.05) is 18.7 Å². The molecule has 1 amide bonds. The zero-order valence-corrected chi connectivity index (χ0v) is 14.5. The summed E-state index contributed by atoms with van der Waals surface area (Å²) in [5.41, 5.74) is 1.59. The van der Waals surface area contributed by atoms with Crippen LogP contribution in [0.5, 0.6) is 0 Å². The van der Waals surface area contributed by atoms with Crippen molar-refractivity contribution in [3.63, 3.8) is 0 Å². The number of rotatable bonds is 6. The molecule has 2 atom stereocenters. The fourth-order valence-electron chi connectivity index (χ4n) is 3.04. The monoisotopic (exact) mass is 353 g/mol. The zero-order valence-electron chi connectivity index (χ0n) is 13.7. The van der Waals surface area contributed by atoms with E-state index in [0.717, 1.165) is 18.4 Å². The molecule has 132 valence electrons. The van der Waals surface area contributed by atoms with E-state index in [0.29, 0.717) is 24.9 Å². The summed E-state index contributed by atoms with van der Waals surface area (Å²) >= 11 is 0. The van der Waals surface area contributed by atoms with Crippen LogP contribution in [0.15, 0.2) is 24.3 Å². The Morgan fingerprint density at radius 2 is 1.71 bits per heavy atom. The molecule has 1 aromatic rings. The molecule has 2 rings (SSSR count). The number of carbonyl (C=O) groups is 2. The van der Waals surface area contributed by atoms with Crippen molar-refractivity contribution < 1.29 is 23.1 Å². The molecule has 0 bridgehead atoms. The van der Waals surface area contributed by atoms with Gasteiger partial charge in [-0.15, -0.1) is 0 Å². The van der Waals surface area contributed by atoms with Gasteiger partial charge in [-0.3, -0.25) is 9.59 Å². The maximum atomic E-state index is 12.2. The highest BCUT2D eigenvalue weighted by Gasteiger charge is 2.30. The Kier molecular flexibility index (Phi) is 5.99. The van der Waals surface area contributed by atoms with Gasteiger partial charge in [0.2, 0.25) is 5.91 Å². The smallest absolute Gasteiger partial charge is 0.306 e. The second kappa shape index (κ2) is 7.79. The summed E-state index contributed by atoms with van der Waals surface area (Å²) in [7, 11) is -3.06. The summed E-state index contributed by atoms with van der Waals surface area (Å²) in [4.78, 5) is 23.3. The molecule has 2 N–H and O–H groups in total. The highest BCUT2D eigenvalue weighted by Crippen LogP contribution is 2.29. The number of carboxylic acids is 1. The molecule has 1 aliphatic carbocycles. The van der Waals surface area contributed by atoms with Gasteiger partial charge in [-0.1, -0.05) is 30.7 Å². The molecule has 0 heterocycles. The fourth-order valence-corrected chi connectivity index (χ4v) is 3.84. The summed E-state index contributed by atoms with van der Waals surface area (Å²) in [6, 6.07) is 7.07. The van der Waals surface area contributed by atoms with Crippen LogP contribution in [0.2, 0.25) is 0 Å². The van der Waals surface area contributed by atoms with Gasteiger partial charge in [0.1, 0.15) is 0 Å². The number of benzene rings is 1. The Balaban J connectivity index is 1.86. The Morgan fingerprint density at radius 1 is 1.12 bits per heavy atom. The number of hydrogen-bond donors (Lipinski definition) is 2. The van der Waals surface area contributed by atoms with E-state index in [9.17, 15) is 18.0 Å². The van der Waals surface area contributed by atoms with Gasteiger partial charge in [0.05, 0.1) is 11.7 Å². The van der Waals surface area contributed by atoms with Crippen molar-refractivity contribution in [3.8, 4) is 0 Å².